The van der Waals surface area contributed by atoms with Gasteiger partial charge in [-0.3, -0.25) is 0 Å². The topological polar surface area (TPSA) is 29.3 Å². The first-order valence-corrected chi connectivity index (χ1v) is 10.8. The number of fused-ring (bicyclic) bond motifs is 4. The van der Waals surface area contributed by atoms with Gasteiger partial charge in [0, 0.05) is 12.6 Å². The van der Waals surface area contributed by atoms with Crippen molar-refractivity contribution >= 4 is 0 Å². The molecule has 2 unspecified atom stereocenters. The second-order valence-corrected chi connectivity index (χ2v) is 10.9. The van der Waals surface area contributed by atoms with E-state index in [1.807, 2.05) is 0 Å². The third kappa shape index (κ3) is 3.60. The highest BCUT2D eigenvalue weighted by Gasteiger charge is 2.56. The molecule has 4 fully saturated rings. The molecule has 1 aromatic carbocycles. The minimum atomic E-state index is 0.436. The second-order valence-electron chi connectivity index (χ2n) is 10.9. The summed E-state index contributed by atoms with van der Waals surface area (Å²) < 4.78 is 0. The minimum Gasteiger partial charge on any atom is -0.328 e. The Morgan fingerprint density at radius 2 is 1.65 bits per heavy atom. The zero-order chi connectivity index (χ0) is 18.4. The Kier molecular flexibility index (Phi) is 4.72. The van der Waals surface area contributed by atoms with Crippen molar-refractivity contribution in [3.8, 4) is 0 Å². The molecule has 2 heteroatoms. The highest BCUT2D eigenvalue weighted by atomic mass is 15.1. The van der Waals surface area contributed by atoms with Crippen molar-refractivity contribution in [2.75, 3.05) is 19.6 Å². The van der Waals surface area contributed by atoms with Gasteiger partial charge in [-0.05, 0) is 85.8 Å². The molecule has 3 aliphatic carbocycles. The molecule has 0 spiro atoms. The molecule has 0 radical (unpaired) electrons. The Hall–Kier alpha value is -0.860. The maximum atomic E-state index is 6.12. The molecule has 1 aliphatic heterocycles. The fourth-order valence-corrected chi connectivity index (χ4v) is 7.42. The van der Waals surface area contributed by atoms with Crippen LogP contribution in [0, 0.1) is 16.7 Å². The van der Waals surface area contributed by atoms with Crippen LogP contribution in [0.4, 0.5) is 0 Å². The van der Waals surface area contributed by atoms with E-state index in [0.29, 0.717) is 22.3 Å². The van der Waals surface area contributed by atoms with E-state index in [2.05, 4.69) is 56.0 Å². The Bertz CT molecular complexity index is 605. The van der Waals surface area contributed by atoms with Crippen molar-refractivity contribution in [3.63, 3.8) is 0 Å². The third-order valence-corrected chi connectivity index (χ3v) is 7.59. The summed E-state index contributed by atoms with van der Waals surface area (Å²) in [7, 11) is 0. The van der Waals surface area contributed by atoms with Crippen LogP contribution in [0.5, 0.6) is 0 Å². The lowest BCUT2D eigenvalue weighted by Crippen LogP contribution is -2.55. The summed E-state index contributed by atoms with van der Waals surface area (Å²) in [5, 5.41) is 0. The Labute approximate surface area is 160 Å². The van der Waals surface area contributed by atoms with Crippen LogP contribution in [0.3, 0.4) is 0 Å². The number of rotatable bonds is 3. The molecule has 2 nitrogen and oxygen atoms in total. The fraction of sp³-hybridized carbons (Fsp3) is 0.750. The van der Waals surface area contributed by atoms with Crippen molar-refractivity contribution in [1.82, 2.24) is 4.90 Å². The summed E-state index contributed by atoms with van der Waals surface area (Å²) in [5.41, 5.74) is 9.15. The Morgan fingerprint density at radius 1 is 1.00 bits per heavy atom. The van der Waals surface area contributed by atoms with Gasteiger partial charge < -0.3 is 10.6 Å². The lowest BCUT2D eigenvalue weighted by atomic mass is 9.43. The number of nitrogens with zero attached hydrogens (tertiary/aromatic N) is 1. The summed E-state index contributed by atoms with van der Waals surface area (Å²) in [4.78, 5) is 2.71. The molecule has 3 saturated carbocycles. The van der Waals surface area contributed by atoms with Crippen molar-refractivity contribution in [2.24, 2.45) is 22.5 Å². The van der Waals surface area contributed by atoms with Gasteiger partial charge in [-0.2, -0.15) is 0 Å². The zero-order valence-electron chi connectivity index (χ0n) is 17.1. The van der Waals surface area contributed by atoms with Gasteiger partial charge in [0.15, 0.2) is 0 Å². The third-order valence-electron chi connectivity index (χ3n) is 7.59. The fourth-order valence-electron chi connectivity index (χ4n) is 7.42. The molecule has 5 rings (SSSR count). The minimum absolute atomic E-state index is 0.436. The van der Waals surface area contributed by atoms with Crippen LogP contribution in [0.15, 0.2) is 30.3 Å². The summed E-state index contributed by atoms with van der Waals surface area (Å²) in [6.07, 6.45) is 9.26. The number of benzene rings is 1. The highest BCUT2D eigenvalue weighted by Crippen LogP contribution is 2.64. The standard InChI is InChI=1S/C24H38N2/c1-19-13-22(2,18-26-11-9-21(25)10-12-26)15-23(3)16-24(14-19,17-23)20-7-5-4-6-8-20/h4-8,19,21H,9-18,25H2,1-3H3. The molecule has 1 aromatic rings. The van der Waals surface area contributed by atoms with E-state index >= 15 is 0 Å². The SMILES string of the molecule is CC1CC(C)(CN2CCC(N)CC2)CC2(C)CC(c3ccccc3)(C1)C2. The van der Waals surface area contributed by atoms with Gasteiger partial charge in [-0.15, -0.1) is 0 Å². The molecule has 0 aromatic heterocycles. The van der Waals surface area contributed by atoms with Crippen LogP contribution in [0.25, 0.3) is 0 Å². The number of nitrogens with two attached hydrogens (primary N) is 1. The van der Waals surface area contributed by atoms with Gasteiger partial charge in [0.2, 0.25) is 0 Å². The lowest BCUT2D eigenvalue weighted by Gasteiger charge is -2.61. The average Bonchev–Trinajstić information content (AvgIpc) is 2.54. The average molecular weight is 355 g/mol. The summed E-state index contributed by atoms with van der Waals surface area (Å²) in [5.74, 6) is 0.803. The van der Waals surface area contributed by atoms with Crippen LogP contribution in [-0.4, -0.2) is 30.6 Å². The molecule has 0 amide bonds. The van der Waals surface area contributed by atoms with E-state index in [9.17, 15) is 0 Å². The Morgan fingerprint density at radius 3 is 2.31 bits per heavy atom. The van der Waals surface area contributed by atoms with Gasteiger partial charge in [-0.25, -0.2) is 0 Å². The molecule has 1 saturated heterocycles. The summed E-state index contributed by atoms with van der Waals surface area (Å²) in [6, 6.07) is 11.8. The van der Waals surface area contributed by atoms with Crippen LogP contribution in [-0.2, 0) is 5.41 Å². The molecular formula is C24H38N2. The maximum Gasteiger partial charge on any atom is 0.00631 e. The smallest absolute Gasteiger partial charge is 0.00631 e. The van der Waals surface area contributed by atoms with E-state index in [1.54, 1.807) is 5.56 Å². The monoisotopic (exact) mass is 354 g/mol. The lowest BCUT2D eigenvalue weighted by molar-refractivity contribution is -0.0602. The van der Waals surface area contributed by atoms with Crippen molar-refractivity contribution < 1.29 is 0 Å². The predicted molar refractivity (Wildman–Crippen MR) is 110 cm³/mol. The number of piperidine rings is 1. The summed E-state index contributed by atoms with van der Waals surface area (Å²) in [6.45, 7) is 11.3. The van der Waals surface area contributed by atoms with E-state index in [1.165, 1.54) is 64.6 Å². The number of hydrogen-bond acceptors (Lipinski definition) is 2. The van der Waals surface area contributed by atoms with Crippen molar-refractivity contribution in [2.45, 2.75) is 77.2 Å². The van der Waals surface area contributed by atoms with E-state index < -0.39 is 0 Å². The van der Waals surface area contributed by atoms with Crippen molar-refractivity contribution in [1.29, 1.82) is 0 Å². The first-order chi connectivity index (χ1) is 12.3. The number of likely N-dealkylation sites (tertiary alicyclic amines) is 1. The quantitative estimate of drug-likeness (QED) is 0.830. The molecule has 4 aliphatic rings. The molecule has 2 N–H and O–H groups in total. The van der Waals surface area contributed by atoms with E-state index in [4.69, 9.17) is 5.73 Å². The highest BCUT2D eigenvalue weighted by molar-refractivity contribution is 5.31. The van der Waals surface area contributed by atoms with Gasteiger partial charge in [-0.1, -0.05) is 51.1 Å². The van der Waals surface area contributed by atoms with Crippen LogP contribution >= 0.6 is 0 Å². The van der Waals surface area contributed by atoms with Crippen LogP contribution in [0.2, 0.25) is 0 Å². The van der Waals surface area contributed by atoms with Crippen LogP contribution < -0.4 is 5.73 Å². The van der Waals surface area contributed by atoms with Crippen molar-refractivity contribution in [3.05, 3.63) is 35.9 Å². The second kappa shape index (κ2) is 6.63. The molecule has 1 heterocycles. The molecule has 26 heavy (non-hydrogen) atoms. The normalized spacial score (nSPS) is 41.9. The van der Waals surface area contributed by atoms with Gasteiger partial charge >= 0.3 is 0 Å². The van der Waals surface area contributed by atoms with Gasteiger partial charge in [0.25, 0.3) is 0 Å². The first kappa shape index (κ1) is 18.5. The van der Waals surface area contributed by atoms with E-state index in [-0.39, 0.29) is 0 Å². The maximum absolute atomic E-state index is 6.12. The molecule has 2 bridgehead atoms. The summed E-state index contributed by atoms with van der Waals surface area (Å²) >= 11 is 0. The first-order valence-electron chi connectivity index (χ1n) is 10.8. The molecule has 2 atom stereocenters. The Balaban J connectivity index is 1.49. The van der Waals surface area contributed by atoms with Gasteiger partial charge in [0.05, 0.1) is 0 Å². The molecule has 144 valence electrons. The molecular weight excluding hydrogens is 316 g/mol. The zero-order valence-corrected chi connectivity index (χ0v) is 17.1. The van der Waals surface area contributed by atoms with Crippen LogP contribution in [0.1, 0.15) is 71.3 Å². The largest absolute Gasteiger partial charge is 0.328 e. The van der Waals surface area contributed by atoms with E-state index in [0.717, 1.165) is 5.92 Å². The predicted octanol–water partition coefficient (Wildman–Crippen LogP) is 4.97. The number of hydrogen-bond donors (Lipinski definition) is 1. The van der Waals surface area contributed by atoms with Gasteiger partial charge in [0.1, 0.15) is 0 Å².